The van der Waals surface area contributed by atoms with Gasteiger partial charge < -0.3 is 9.72 Å². The summed E-state index contributed by atoms with van der Waals surface area (Å²) in [5, 5.41) is 0.888. The highest BCUT2D eigenvalue weighted by Crippen LogP contribution is 2.22. The van der Waals surface area contributed by atoms with E-state index >= 15 is 0 Å². The highest BCUT2D eigenvalue weighted by Gasteiger charge is 2.14. The number of aromatic nitrogens is 1. The van der Waals surface area contributed by atoms with Crippen molar-refractivity contribution >= 4 is 20.7 Å². The van der Waals surface area contributed by atoms with Gasteiger partial charge in [0.05, 0.1) is 17.3 Å². The molecule has 0 aliphatic carbocycles. The van der Waals surface area contributed by atoms with E-state index in [4.69, 9.17) is 4.74 Å². The van der Waals surface area contributed by atoms with E-state index < -0.39 is 9.84 Å². The van der Waals surface area contributed by atoms with Crippen LogP contribution < -0.4 is 10.3 Å². The Morgan fingerprint density at radius 2 is 1.52 bits per heavy atom. The van der Waals surface area contributed by atoms with Gasteiger partial charge in [0, 0.05) is 17.0 Å². The van der Waals surface area contributed by atoms with Crippen molar-refractivity contribution in [1.82, 2.24) is 4.98 Å². The van der Waals surface area contributed by atoms with Crippen LogP contribution in [0.25, 0.3) is 22.0 Å². The van der Waals surface area contributed by atoms with Crippen LogP contribution in [0.15, 0.2) is 94.6 Å². The van der Waals surface area contributed by atoms with Gasteiger partial charge in [-0.15, -0.1) is 0 Å². The summed E-state index contributed by atoms with van der Waals surface area (Å²) in [6, 6.07) is 25.6. The lowest BCUT2D eigenvalue weighted by Crippen LogP contribution is -2.08. The van der Waals surface area contributed by atoms with Crippen molar-refractivity contribution in [3.63, 3.8) is 0 Å². The van der Waals surface area contributed by atoms with E-state index in [2.05, 4.69) is 4.98 Å². The summed E-state index contributed by atoms with van der Waals surface area (Å²) in [4.78, 5) is 14.4. The Labute approximate surface area is 181 Å². The molecular formula is C25H23NO4S. The van der Waals surface area contributed by atoms with E-state index in [1.807, 2.05) is 48.5 Å². The molecule has 0 spiro atoms. The first-order chi connectivity index (χ1) is 15.0. The molecule has 6 heteroatoms. The number of pyridine rings is 1. The Balaban J connectivity index is 1.29. The maximum atomic E-state index is 12.6. The molecule has 0 atom stereocenters. The first-order valence-corrected chi connectivity index (χ1v) is 11.8. The van der Waals surface area contributed by atoms with Crippen LogP contribution in [0.1, 0.15) is 12.8 Å². The number of hydrogen-bond acceptors (Lipinski definition) is 4. The number of ether oxygens (including phenoxy) is 1. The van der Waals surface area contributed by atoms with E-state index in [1.165, 1.54) is 6.07 Å². The molecule has 1 N–H and O–H groups in total. The van der Waals surface area contributed by atoms with Gasteiger partial charge in [-0.1, -0.05) is 42.5 Å². The average Bonchev–Trinajstić information content (AvgIpc) is 2.79. The Bertz CT molecular complexity index is 1330. The van der Waals surface area contributed by atoms with E-state index in [9.17, 15) is 13.2 Å². The summed E-state index contributed by atoms with van der Waals surface area (Å²) in [6.07, 6.45) is 1.15. The van der Waals surface area contributed by atoms with Crippen molar-refractivity contribution in [1.29, 1.82) is 0 Å². The molecule has 4 aromatic rings. The summed E-state index contributed by atoms with van der Waals surface area (Å²) in [7, 11) is -3.33. The van der Waals surface area contributed by atoms with E-state index in [0.717, 1.165) is 22.0 Å². The van der Waals surface area contributed by atoms with Gasteiger partial charge in [0.15, 0.2) is 9.84 Å². The minimum Gasteiger partial charge on any atom is -0.494 e. The van der Waals surface area contributed by atoms with Crippen LogP contribution in [0.3, 0.4) is 0 Å². The smallest absolute Gasteiger partial charge is 0.248 e. The second kappa shape index (κ2) is 9.18. The van der Waals surface area contributed by atoms with Gasteiger partial charge in [0.2, 0.25) is 5.56 Å². The van der Waals surface area contributed by atoms with E-state index in [-0.39, 0.29) is 11.3 Å². The zero-order valence-electron chi connectivity index (χ0n) is 17.0. The molecule has 0 radical (unpaired) electrons. The summed E-state index contributed by atoms with van der Waals surface area (Å²) in [5.74, 6) is 0.777. The lowest BCUT2D eigenvalue weighted by Gasteiger charge is -2.08. The monoisotopic (exact) mass is 433 g/mol. The van der Waals surface area contributed by atoms with Gasteiger partial charge in [0.1, 0.15) is 5.75 Å². The number of fused-ring (bicyclic) bond motifs is 1. The van der Waals surface area contributed by atoms with Gasteiger partial charge in [-0.05, 0) is 60.4 Å². The zero-order chi connectivity index (χ0) is 21.7. The van der Waals surface area contributed by atoms with Crippen molar-refractivity contribution in [2.75, 3.05) is 12.4 Å². The molecule has 0 saturated carbocycles. The minimum atomic E-state index is -3.33. The second-order valence-electron chi connectivity index (χ2n) is 7.34. The summed E-state index contributed by atoms with van der Waals surface area (Å²) < 4.78 is 31.0. The van der Waals surface area contributed by atoms with Gasteiger partial charge in [0.25, 0.3) is 0 Å². The maximum absolute atomic E-state index is 12.6. The molecule has 3 aromatic carbocycles. The molecule has 158 valence electrons. The van der Waals surface area contributed by atoms with Crippen LogP contribution in [0.5, 0.6) is 5.75 Å². The molecule has 4 rings (SSSR count). The third-order valence-corrected chi connectivity index (χ3v) is 6.91. The average molecular weight is 434 g/mol. The standard InChI is InChI=1S/C25H23NO4S/c27-25-15-10-21-18-22(11-14-24(21)26-25)30-16-4-5-17-31(28,29)23-12-8-20(9-13-23)19-6-2-1-3-7-19/h1-3,6-15,18H,4-5,16-17H2,(H,26,27). The fourth-order valence-corrected chi connectivity index (χ4v) is 4.78. The molecule has 1 heterocycles. The van der Waals surface area contributed by atoms with Crippen LogP contribution in [0, 0.1) is 0 Å². The number of benzene rings is 3. The second-order valence-corrected chi connectivity index (χ2v) is 9.45. The third-order valence-electron chi connectivity index (χ3n) is 5.09. The summed E-state index contributed by atoms with van der Waals surface area (Å²) in [6.45, 7) is 0.428. The molecular weight excluding hydrogens is 410 g/mol. The quantitative estimate of drug-likeness (QED) is 0.404. The first kappa shape index (κ1) is 20.9. The fraction of sp³-hybridized carbons (Fsp3) is 0.160. The molecule has 31 heavy (non-hydrogen) atoms. The molecule has 0 aliphatic heterocycles. The normalized spacial score (nSPS) is 11.5. The predicted molar refractivity (Wildman–Crippen MR) is 123 cm³/mol. The number of unbranched alkanes of at least 4 members (excludes halogenated alkanes) is 1. The van der Waals surface area contributed by atoms with E-state index in [1.54, 1.807) is 30.3 Å². The third kappa shape index (κ3) is 5.22. The largest absolute Gasteiger partial charge is 0.494 e. The predicted octanol–water partition coefficient (Wildman–Crippen LogP) is 4.83. The Morgan fingerprint density at radius 1 is 0.774 bits per heavy atom. The molecule has 0 unspecified atom stereocenters. The number of aromatic amines is 1. The van der Waals surface area contributed by atoms with Crippen molar-refractivity contribution < 1.29 is 13.2 Å². The molecule has 0 bridgehead atoms. The Morgan fingerprint density at radius 3 is 2.29 bits per heavy atom. The minimum absolute atomic E-state index is 0.0833. The molecule has 0 fully saturated rings. The van der Waals surface area contributed by atoms with Crippen LogP contribution in [-0.2, 0) is 9.84 Å². The Kier molecular flexibility index (Phi) is 6.18. The number of H-pyrrole nitrogens is 1. The first-order valence-electron chi connectivity index (χ1n) is 10.2. The highest BCUT2D eigenvalue weighted by molar-refractivity contribution is 7.91. The van der Waals surface area contributed by atoms with Gasteiger partial charge >= 0.3 is 0 Å². The lowest BCUT2D eigenvalue weighted by molar-refractivity contribution is 0.310. The number of hydrogen-bond donors (Lipinski definition) is 1. The van der Waals surface area contributed by atoms with Crippen molar-refractivity contribution in [2.24, 2.45) is 0 Å². The summed E-state index contributed by atoms with van der Waals surface area (Å²) >= 11 is 0. The highest BCUT2D eigenvalue weighted by atomic mass is 32.2. The van der Waals surface area contributed by atoms with Crippen LogP contribution in [0.2, 0.25) is 0 Å². The number of nitrogens with one attached hydrogen (secondary N) is 1. The maximum Gasteiger partial charge on any atom is 0.248 e. The lowest BCUT2D eigenvalue weighted by atomic mass is 10.1. The molecule has 1 aromatic heterocycles. The molecule has 5 nitrogen and oxygen atoms in total. The SMILES string of the molecule is O=c1ccc2cc(OCCCCS(=O)(=O)c3ccc(-c4ccccc4)cc3)ccc2[nH]1. The zero-order valence-corrected chi connectivity index (χ0v) is 17.8. The topological polar surface area (TPSA) is 76.2 Å². The van der Waals surface area contributed by atoms with E-state index in [0.29, 0.717) is 30.1 Å². The van der Waals surface area contributed by atoms with Gasteiger partial charge in [-0.25, -0.2) is 8.42 Å². The number of rotatable bonds is 8. The molecule has 0 aliphatic rings. The molecule has 0 amide bonds. The van der Waals surface area contributed by atoms with Crippen LogP contribution in [-0.4, -0.2) is 25.8 Å². The van der Waals surface area contributed by atoms with Crippen LogP contribution in [0.4, 0.5) is 0 Å². The summed E-state index contributed by atoms with van der Waals surface area (Å²) in [5.41, 5.74) is 2.66. The van der Waals surface area contributed by atoms with Crippen LogP contribution >= 0.6 is 0 Å². The fourth-order valence-electron chi connectivity index (χ4n) is 3.41. The number of sulfone groups is 1. The van der Waals surface area contributed by atoms with Gasteiger partial charge in [-0.3, -0.25) is 4.79 Å². The van der Waals surface area contributed by atoms with Gasteiger partial charge in [-0.2, -0.15) is 0 Å². The van der Waals surface area contributed by atoms with Crippen molar-refractivity contribution in [3.05, 3.63) is 95.3 Å². The molecule has 0 saturated heterocycles. The van der Waals surface area contributed by atoms with Crippen molar-refractivity contribution in [2.45, 2.75) is 17.7 Å². The van der Waals surface area contributed by atoms with Crippen molar-refractivity contribution in [3.8, 4) is 16.9 Å². The Hall–Kier alpha value is -3.38.